The Labute approximate surface area is 80.6 Å². The number of benzene rings is 1. The third-order valence-corrected chi connectivity index (χ3v) is 1.88. The van der Waals surface area contributed by atoms with Crippen LogP contribution in [0, 0.1) is 0 Å². The molecule has 0 amide bonds. The molecule has 1 rings (SSSR count). The van der Waals surface area contributed by atoms with E-state index in [1.807, 2.05) is 6.92 Å². The van der Waals surface area contributed by atoms with Gasteiger partial charge in [0.05, 0.1) is 0 Å². The summed E-state index contributed by atoms with van der Waals surface area (Å²) in [4.78, 5) is 0. The van der Waals surface area contributed by atoms with Crippen molar-refractivity contribution in [2.24, 2.45) is 0 Å². The topological polar surface area (TPSA) is 0 Å². The summed E-state index contributed by atoms with van der Waals surface area (Å²) in [6.45, 7) is 4.19. The van der Waals surface area contributed by atoms with E-state index in [1.54, 1.807) is 0 Å². The van der Waals surface area contributed by atoms with Crippen LogP contribution in [-0.4, -0.2) is 0 Å². The highest BCUT2D eigenvalue weighted by molar-refractivity contribution is 5.64. The molecule has 1 aromatic rings. The summed E-state index contributed by atoms with van der Waals surface area (Å²) < 4.78 is 0. The molecule has 0 aliphatic rings. The maximum atomic E-state index is 2.18. The Morgan fingerprint density at radius 2 is 1.69 bits per heavy atom. The number of allylic oxidation sites excluding steroid dienone is 2. The molecule has 0 aliphatic carbocycles. The first kappa shape index (κ1) is 9.79. The summed E-state index contributed by atoms with van der Waals surface area (Å²) in [5.74, 6) is 0. The van der Waals surface area contributed by atoms with Crippen LogP contribution in [0.15, 0.2) is 36.4 Å². The fraction of sp³-hybridized carbons (Fsp3) is 0.231. The molecule has 0 spiro atoms. The van der Waals surface area contributed by atoms with Gasteiger partial charge >= 0.3 is 0 Å². The lowest BCUT2D eigenvalue weighted by molar-refractivity contribution is 1.23. The van der Waals surface area contributed by atoms with E-state index in [2.05, 4.69) is 55.5 Å². The van der Waals surface area contributed by atoms with Gasteiger partial charge in [-0.2, -0.15) is 0 Å². The third-order valence-electron chi connectivity index (χ3n) is 1.88. The average Bonchev–Trinajstić information content (AvgIpc) is 2.17. The van der Waals surface area contributed by atoms with Gasteiger partial charge in [0.25, 0.3) is 0 Å². The Balaban J connectivity index is 2.97. The molecule has 0 saturated carbocycles. The zero-order valence-corrected chi connectivity index (χ0v) is 8.33. The summed E-state index contributed by atoms with van der Waals surface area (Å²) in [6, 6.07) is 8.41. The van der Waals surface area contributed by atoms with Gasteiger partial charge in [-0.15, -0.1) is 0 Å². The van der Waals surface area contributed by atoms with Crippen molar-refractivity contribution in [1.29, 1.82) is 0 Å². The number of hydrogen-bond acceptors (Lipinski definition) is 0. The summed E-state index contributed by atoms with van der Waals surface area (Å²) in [7, 11) is 0. The van der Waals surface area contributed by atoms with E-state index in [-0.39, 0.29) is 0 Å². The molecular formula is C13H16. The number of rotatable bonds is 3. The van der Waals surface area contributed by atoms with Crippen molar-refractivity contribution >= 4 is 12.2 Å². The van der Waals surface area contributed by atoms with E-state index in [0.29, 0.717) is 0 Å². The van der Waals surface area contributed by atoms with Crippen molar-refractivity contribution < 1.29 is 0 Å². The molecule has 1 aromatic carbocycles. The fourth-order valence-electron chi connectivity index (χ4n) is 1.24. The standard InChI is InChI=1S/C13H16/c1-3-5-9-13-11-7-6-10-12(13)8-4-2/h4-11H,3H2,1-2H3/b8-4-,9-5+. The lowest BCUT2D eigenvalue weighted by atomic mass is 10.1. The van der Waals surface area contributed by atoms with Crippen molar-refractivity contribution in [3.8, 4) is 0 Å². The average molecular weight is 172 g/mol. The van der Waals surface area contributed by atoms with Crippen LogP contribution in [0.1, 0.15) is 31.4 Å². The Kier molecular flexibility index (Phi) is 4.04. The molecule has 0 fully saturated rings. The van der Waals surface area contributed by atoms with Crippen LogP contribution in [0.3, 0.4) is 0 Å². The number of hydrogen-bond donors (Lipinski definition) is 0. The molecule has 0 nitrogen and oxygen atoms in total. The Bertz CT molecular complexity index is 306. The van der Waals surface area contributed by atoms with Crippen molar-refractivity contribution in [1.82, 2.24) is 0 Å². The predicted octanol–water partition coefficient (Wildman–Crippen LogP) is 4.14. The molecule has 0 aliphatic heterocycles. The van der Waals surface area contributed by atoms with Crippen molar-refractivity contribution in [3.63, 3.8) is 0 Å². The Morgan fingerprint density at radius 1 is 1.08 bits per heavy atom. The smallest absolute Gasteiger partial charge is 0.0187 e. The van der Waals surface area contributed by atoms with E-state index in [4.69, 9.17) is 0 Å². The second kappa shape index (κ2) is 5.36. The summed E-state index contributed by atoms with van der Waals surface area (Å²) in [6.07, 6.45) is 9.65. The van der Waals surface area contributed by atoms with Crippen LogP contribution in [0.2, 0.25) is 0 Å². The highest BCUT2D eigenvalue weighted by atomic mass is 14.0. The van der Waals surface area contributed by atoms with Gasteiger partial charge in [-0.05, 0) is 24.5 Å². The second-order valence-electron chi connectivity index (χ2n) is 2.94. The monoisotopic (exact) mass is 172 g/mol. The van der Waals surface area contributed by atoms with E-state index >= 15 is 0 Å². The fourth-order valence-corrected chi connectivity index (χ4v) is 1.24. The normalized spacial score (nSPS) is 11.5. The van der Waals surface area contributed by atoms with Gasteiger partial charge in [0.1, 0.15) is 0 Å². The van der Waals surface area contributed by atoms with Gasteiger partial charge in [0.15, 0.2) is 0 Å². The molecule has 0 bridgehead atoms. The third kappa shape index (κ3) is 2.90. The summed E-state index contributed by atoms with van der Waals surface area (Å²) in [5.41, 5.74) is 2.58. The van der Waals surface area contributed by atoms with Crippen LogP contribution in [0.25, 0.3) is 12.2 Å². The van der Waals surface area contributed by atoms with Crippen LogP contribution in [0.4, 0.5) is 0 Å². The van der Waals surface area contributed by atoms with Gasteiger partial charge in [-0.25, -0.2) is 0 Å². The molecule has 0 unspecified atom stereocenters. The maximum Gasteiger partial charge on any atom is -0.0187 e. The molecule has 0 aromatic heterocycles. The quantitative estimate of drug-likeness (QED) is 0.642. The SMILES string of the molecule is C/C=C\c1ccccc1/C=C/CC. The zero-order valence-electron chi connectivity index (χ0n) is 8.33. The first-order valence-corrected chi connectivity index (χ1v) is 4.76. The molecule has 0 radical (unpaired) electrons. The van der Waals surface area contributed by atoms with Crippen molar-refractivity contribution in [2.45, 2.75) is 20.3 Å². The molecular weight excluding hydrogens is 156 g/mol. The molecule has 0 atom stereocenters. The highest BCUT2D eigenvalue weighted by Crippen LogP contribution is 2.12. The molecule has 0 saturated heterocycles. The van der Waals surface area contributed by atoms with Crippen molar-refractivity contribution in [2.75, 3.05) is 0 Å². The zero-order chi connectivity index (χ0) is 9.52. The molecule has 13 heavy (non-hydrogen) atoms. The van der Waals surface area contributed by atoms with Gasteiger partial charge in [-0.1, -0.05) is 55.5 Å². The summed E-state index contributed by atoms with van der Waals surface area (Å²) in [5, 5.41) is 0. The van der Waals surface area contributed by atoms with E-state index < -0.39 is 0 Å². The lowest BCUT2D eigenvalue weighted by Crippen LogP contribution is -1.78. The first-order valence-electron chi connectivity index (χ1n) is 4.76. The van der Waals surface area contributed by atoms with Gasteiger partial charge < -0.3 is 0 Å². The van der Waals surface area contributed by atoms with E-state index in [0.717, 1.165) is 6.42 Å². The van der Waals surface area contributed by atoms with Gasteiger partial charge in [0.2, 0.25) is 0 Å². The minimum absolute atomic E-state index is 1.09. The first-order chi connectivity index (χ1) is 6.38. The van der Waals surface area contributed by atoms with Crippen LogP contribution in [-0.2, 0) is 0 Å². The molecule has 0 heterocycles. The van der Waals surface area contributed by atoms with Crippen LogP contribution in [0.5, 0.6) is 0 Å². The maximum absolute atomic E-state index is 2.18. The second-order valence-corrected chi connectivity index (χ2v) is 2.94. The van der Waals surface area contributed by atoms with Crippen LogP contribution < -0.4 is 0 Å². The predicted molar refractivity (Wildman–Crippen MR) is 60.5 cm³/mol. The lowest BCUT2D eigenvalue weighted by Gasteiger charge is -1.99. The van der Waals surface area contributed by atoms with Crippen LogP contribution >= 0.6 is 0 Å². The highest BCUT2D eigenvalue weighted by Gasteiger charge is 1.91. The van der Waals surface area contributed by atoms with E-state index in [9.17, 15) is 0 Å². The molecule has 68 valence electrons. The summed E-state index contributed by atoms with van der Waals surface area (Å²) >= 11 is 0. The Hall–Kier alpha value is -1.30. The largest absolute Gasteiger partial charge is 0.0870 e. The molecule has 0 N–H and O–H groups in total. The van der Waals surface area contributed by atoms with Gasteiger partial charge in [0, 0.05) is 0 Å². The van der Waals surface area contributed by atoms with E-state index in [1.165, 1.54) is 11.1 Å². The molecule has 0 heteroatoms. The minimum atomic E-state index is 1.09. The Morgan fingerprint density at radius 3 is 2.23 bits per heavy atom. The minimum Gasteiger partial charge on any atom is -0.0870 e. The van der Waals surface area contributed by atoms with Crippen molar-refractivity contribution in [3.05, 3.63) is 47.5 Å². The van der Waals surface area contributed by atoms with Gasteiger partial charge in [-0.3, -0.25) is 0 Å².